The molecule has 1 unspecified atom stereocenters. The number of methoxy groups -OCH3 is 2. The monoisotopic (exact) mass is 326 g/mol. The Hall–Kier alpha value is -2.86. The van der Waals surface area contributed by atoms with Crippen LogP contribution >= 0.6 is 0 Å². The van der Waals surface area contributed by atoms with Crippen LogP contribution in [0.15, 0.2) is 60.0 Å². The van der Waals surface area contributed by atoms with Gasteiger partial charge in [0.1, 0.15) is 17.1 Å². The van der Waals surface area contributed by atoms with Crippen LogP contribution in [0.1, 0.15) is 12.0 Å². The first-order valence-electron chi connectivity index (χ1n) is 7.50. The van der Waals surface area contributed by atoms with Crippen molar-refractivity contribution in [1.82, 2.24) is 10.6 Å². The minimum atomic E-state index is -0.947. The maximum absolute atomic E-state index is 11.8. The van der Waals surface area contributed by atoms with E-state index in [0.29, 0.717) is 12.2 Å². The van der Waals surface area contributed by atoms with Crippen molar-refractivity contribution in [3.8, 4) is 0 Å². The smallest absolute Gasteiger partial charge is 0.326 e. The summed E-state index contributed by atoms with van der Waals surface area (Å²) in [6.45, 7) is 0. The van der Waals surface area contributed by atoms with E-state index in [1.807, 2.05) is 42.5 Å². The predicted octanol–water partition coefficient (Wildman–Crippen LogP) is 2.11. The van der Waals surface area contributed by atoms with Gasteiger partial charge in [-0.15, -0.1) is 0 Å². The third-order valence-corrected chi connectivity index (χ3v) is 4.12. The number of imide groups is 1. The summed E-state index contributed by atoms with van der Waals surface area (Å²) < 4.78 is 11.2. The van der Waals surface area contributed by atoms with Crippen LogP contribution < -0.4 is 10.6 Å². The maximum atomic E-state index is 11.8. The van der Waals surface area contributed by atoms with Gasteiger partial charge in [0, 0.05) is 13.5 Å². The molecule has 0 bridgehead atoms. The topological polar surface area (TPSA) is 76.7 Å². The molecule has 3 amide bonds. The van der Waals surface area contributed by atoms with Gasteiger partial charge in [-0.25, -0.2) is 4.79 Å². The molecule has 1 saturated heterocycles. The molecule has 1 fully saturated rings. The Morgan fingerprint density at radius 2 is 1.88 bits per heavy atom. The van der Waals surface area contributed by atoms with Gasteiger partial charge in [0.05, 0.1) is 7.11 Å². The van der Waals surface area contributed by atoms with E-state index in [-0.39, 0.29) is 5.70 Å². The van der Waals surface area contributed by atoms with Crippen LogP contribution in [0, 0.1) is 0 Å². The molecular weight excluding hydrogens is 308 g/mol. The van der Waals surface area contributed by atoms with Crippen LogP contribution in [-0.2, 0) is 14.3 Å². The Balaban J connectivity index is 1.97. The van der Waals surface area contributed by atoms with Crippen LogP contribution in [0.25, 0.3) is 5.57 Å². The number of hydrogen-bond acceptors (Lipinski definition) is 4. The molecule has 1 aromatic carbocycles. The summed E-state index contributed by atoms with van der Waals surface area (Å²) in [6, 6.07) is 9.37. The minimum Gasteiger partial charge on any atom is -0.498 e. The summed E-state index contributed by atoms with van der Waals surface area (Å²) >= 11 is 0. The Bertz CT molecular complexity index is 764. The Labute approximate surface area is 139 Å². The van der Waals surface area contributed by atoms with Crippen molar-refractivity contribution in [3.05, 3.63) is 65.6 Å². The van der Waals surface area contributed by atoms with E-state index < -0.39 is 17.5 Å². The number of ether oxygens (including phenoxy) is 2. The van der Waals surface area contributed by atoms with Gasteiger partial charge in [0.15, 0.2) is 0 Å². The van der Waals surface area contributed by atoms with E-state index in [0.717, 1.165) is 11.1 Å². The van der Waals surface area contributed by atoms with E-state index in [1.165, 1.54) is 0 Å². The van der Waals surface area contributed by atoms with Crippen LogP contribution in [0.4, 0.5) is 4.79 Å². The van der Waals surface area contributed by atoms with E-state index in [1.54, 1.807) is 20.3 Å². The molecule has 1 heterocycles. The fourth-order valence-corrected chi connectivity index (χ4v) is 2.84. The molecule has 24 heavy (non-hydrogen) atoms. The van der Waals surface area contributed by atoms with Crippen LogP contribution in [0.3, 0.4) is 0 Å². The van der Waals surface area contributed by atoms with Gasteiger partial charge in [-0.05, 0) is 23.3 Å². The SMILES string of the molecule is COC1=CC(c2ccccc2)=CCC1(/C=C1\NC(=O)NC1=O)OC. The standard InChI is InChI=1S/C18H18N2O4/c1-23-15-10-13(12-6-4-3-5-7-12)8-9-18(15,24-2)11-14-16(21)20-17(22)19-14/h3-8,10-11H,9H2,1-2H3,(H2,19,20,21,22)/b14-11-. The number of hydrogen-bond donors (Lipinski definition) is 2. The molecule has 1 aliphatic carbocycles. The average molecular weight is 326 g/mol. The number of amides is 3. The molecule has 0 saturated carbocycles. The number of urea groups is 1. The molecule has 1 aliphatic heterocycles. The van der Waals surface area contributed by atoms with Gasteiger partial charge < -0.3 is 14.8 Å². The molecule has 1 aromatic rings. The molecule has 6 nitrogen and oxygen atoms in total. The molecule has 2 N–H and O–H groups in total. The van der Waals surface area contributed by atoms with Crippen molar-refractivity contribution in [2.45, 2.75) is 12.0 Å². The van der Waals surface area contributed by atoms with E-state index in [9.17, 15) is 9.59 Å². The van der Waals surface area contributed by atoms with Gasteiger partial charge in [-0.1, -0.05) is 36.4 Å². The highest BCUT2D eigenvalue weighted by Gasteiger charge is 2.38. The first-order chi connectivity index (χ1) is 11.6. The highest BCUT2D eigenvalue weighted by atomic mass is 16.5. The summed E-state index contributed by atoms with van der Waals surface area (Å²) in [6.07, 6.45) is 5.96. The lowest BCUT2D eigenvalue weighted by Crippen LogP contribution is -2.35. The van der Waals surface area contributed by atoms with E-state index in [2.05, 4.69) is 10.6 Å². The molecule has 124 valence electrons. The number of carbonyl (C=O) groups excluding carboxylic acids is 2. The fourth-order valence-electron chi connectivity index (χ4n) is 2.84. The lowest BCUT2D eigenvalue weighted by Gasteiger charge is -2.33. The van der Waals surface area contributed by atoms with Crippen molar-refractivity contribution in [1.29, 1.82) is 0 Å². The van der Waals surface area contributed by atoms with E-state index in [4.69, 9.17) is 9.47 Å². The number of nitrogens with one attached hydrogen (secondary N) is 2. The van der Waals surface area contributed by atoms with Crippen LogP contribution in [0.2, 0.25) is 0 Å². The van der Waals surface area contributed by atoms with Gasteiger partial charge in [-0.2, -0.15) is 0 Å². The zero-order valence-corrected chi connectivity index (χ0v) is 13.5. The summed E-state index contributed by atoms with van der Waals surface area (Å²) in [7, 11) is 3.10. The second-order valence-corrected chi connectivity index (χ2v) is 5.50. The average Bonchev–Trinajstić information content (AvgIpc) is 2.92. The van der Waals surface area contributed by atoms with Gasteiger partial charge in [0.25, 0.3) is 5.91 Å². The summed E-state index contributed by atoms with van der Waals surface area (Å²) in [5.74, 6) is 0.0810. The quantitative estimate of drug-likeness (QED) is 0.656. The number of carbonyl (C=O) groups is 2. The molecule has 3 rings (SSSR count). The first-order valence-corrected chi connectivity index (χ1v) is 7.50. The maximum Gasteiger partial charge on any atom is 0.326 e. The summed E-state index contributed by atoms with van der Waals surface area (Å²) in [4.78, 5) is 23.1. The normalized spacial score (nSPS) is 25.0. The lowest BCUT2D eigenvalue weighted by atomic mass is 9.86. The van der Waals surface area contributed by atoms with Crippen molar-refractivity contribution in [2.75, 3.05) is 14.2 Å². The predicted molar refractivity (Wildman–Crippen MR) is 88.6 cm³/mol. The number of allylic oxidation sites excluding steroid dienone is 2. The molecule has 2 aliphatic rings. The third-order valence-electron chi connectivity index (χ3n) is 4.12. The molecule has 0 radical (unpaired) electrons. The molecule has 0 aromatic heterocycles. The fraction of sp³-hybridized carbons (Fsp3) is 0.222. The van der Waals surface area contributed by atoms with Crippen LogP contribution in [-0.4, -0.2) is 31.8 Å². The van der Waals surface area contributed by atoms with Crippen molar-refractivity contribution < 1.29 is 19.1 Å². The number of benzene rings is 1. The minimum absolute atomic E-state index is 0.154. The summed E-state index contributed by atoms with van der Waals surface area (Å²) in [5.41, 5.74) is 1.29. The lowest BCUT2D eigenvalue weighted by molar-refractivity contribution is -0.115. The molecule has 1 atom stereocenters. The third kappa shape index (κ3) is 2.83. The van der Waals surface area contributed by atoms with E-state index >= 15 is 0 Å². The Morgan fingerprint density at radius 3 is 2.46 bits per heavy atom. The Kier molecular flexibility index (Phi) is 4.22. The van der Waals surface area contributed by atoms with Gasteiger partial charge in [-0.3, -0.25) is 10.1 Å². The van der Waals surface area contributed by atoms with Gasteiger partial charge >= 0.3 is 6.03 Å². The molecular formula is C18H18N2O4. The summed E-state index contributed by atoms with van der Waals surface area (Å²) in [5, 5.41) is 4.65. The number of rotatable bonds is 4. The van der Waals surface area contributed by atoms with Crippen molar-refractivity contribution >= 4 is 17.5 Å². The highest BCUT2D eigenvalue weighted by molar-refractivity contribution is 6.11. The largest absolute Gasteiger partial charge is 0.498 e. The highest BCUT2D eigenvalue weighted by Crippen LogP contribution is 2.37. The molecule has 6 heteroatoms. The zero-order chi connectivity index (χ0) is 17.2. The molecule has 0 spiro atoms. The van der Waals surface area contributed by atoms with Gasteiger partial charge in [0.2, 0.25) is 0 Å². The zero-order valence-electron chi connectivity index (χ0n) is 13.5. The second kappa shape index (κ2) is 6.33. The second-order valence-electron chi connectivity index (χ2n) is 5.50. The van der Waals surface area contributed by atoms with Crippen molar-refractivity contribution in [2.24, 2.45) is 0 Å². The van der Waals surface area contributed by atoms with Crippen LogP contribution in [0.5, 0.6) is 0 Å². The first kappa shape index (κ1) is 16.0. The Morgan fingerprint density at radius 1 is 1.12 bits per heavy atom. The van der Waals surface area contributed by atoms with Crippen molar-refractivity contribution in [3.63, 3.8) is 0 Å².